The van der Waals surface area contributed by atoms with Crippen molar-refractivity contribution in [3.8, 4) is 0 Å². The molecule has 0 bridgehead atoms. The van der Waals surface area contributed by atoms with E-state index < -0.39 is 11.4 Å². The maximum absolute atomic E-state index is 13.9. The number of nitrogens with one attached hydrogen (secondary N) is 1. The zero-order valence-electron chi connectivity index (χ0n) is 11.4. The fraction of sp³-hybridized carbons (Fsp3) is 0.462. The second kappa shape index (κ2) is 4.84. The summed E-state index contributed by atoms with van der Waals surface area (Å²) in [4.78, 5) is 30.4. The van der Waals surface area contributed by atoms with Gasteiger partial charge in [0.2, 0.25) is 0 Å². The Kier molecular flexibility index (Phi) is 3.24. The Balaban J connectivity index is 1.80. The molecule has 2 saturated heterocycles. The zero-order chi connectivity index (χ0) is 15.2. The molecule has 112 valence electrons. The van der Waals surface area contributed by atoms with Crippen LogP contribution in [0.2, 0.25) is 5.02 Å². The Bertz CT molecular complexity index is 596. The van der Waals surface area contributed by atoms with Gasteiger partial charge in [-0.1, -0.05) is 11.6 Å². The number of imide groups is 1. The highest BCUT2D eigenvalue weighted by molar-refractivity contribution is 6.33. The Hall–Kier alpha value is -1.89. The Morgan fingerprint density at radius 2 is 2.00 bits per heavy atom. The van der Waals surface area contributed by atoms with Crippen molar-refractivity contribution in [2.75, 3.05) is 25.0 Å². The minimum atomic E-state index is -0.863. The topological polar surface area (TPSA) is 65.5 Å². The van der Waals surface area contributed by atoms with Gasteiger partial charge in [0.05, 0.1) is 16.9 Å². The first kappa shape index (κ1) is 14.1. The summed E-state index contributed by atoms with van der Waals surface area (Å²) >= 11 is 6.00. The van der Waals surface area contributed by atoms with Crippen LogP contribution in [-0.2, 0) is 4.79 Å². The molecule has 21 heavy (non-hydrogen) atoms. The highest BCUT2D eigenvalue weighted by Crippen LogP contribution is 2.34. The molecule has 3 amide bonds. The van der Waals surface area contributed by atoms with E-state index >= 15 is 0 Å². The minimum absolute atomic E-state index is 0.228. The molecule has 3 rings (SSSR count). The average molecular weight is 313 g/mol. The molecule has 2 fully saturated rings. The molecule has 2 aliphatic heterocycles. The number of pyridine rings is 1. The van der Waals surface area contributed by atoms with Crippen molar-refractivity contribution in [3.63, 3.8) is 0 Å². The van der Waals surface area contributed by atoms with Crippen LogP contribution in [0, 0.1) is 5.82 Å². The Labute approximate surface area is 125 Å². The van der Waals surface area contributed by atoms with E-state index in [1.165, 1.54) is 13.2 Å². The van der Waals surface area contributed by atoms with Crippen LogP contribution >= 0.6 is 11.6 Å². The summed E-state index contributed by atoms with van der Waals surface area (Å²) in [5, 5.41) is 2.98. The van der Waals surface area contributed by atoms with E-state index in [0.29, 0.717) is 31.6 Å². The van der Waals surface area contributed by atoms with Gasteiger partial charge in [0.1, 0.15) is 5.54 Å². The molecular weight excluding hydrogens is 299 g/mol. The Morgan fingerprint density at radius 3 is 2.52 bits per heavy atom. The maximum Gasteiger partial charge on any atom is 0.324 e. The van der Waals surface area contributed by atoms with E-state index in [9.17, 15) is 14.0 Å². The van der Waals surface area contributed by atoms with Gasteiger partial charge in [0.25, 0.3) is 5.91 Å². The van der Waals surface area contributed by atoms with Gasteiger partial charge in [0.15, 0.2) is 5.82 Å². The molecule has 0 unspecified atom stereocenters. The number of urea groups is 1. The van der Waals surface area contributed by atoms with Crippen LogP contribution in [0.5, 0.6) is 0 Å². The highest BCUT2D eigenvalue weighted by atomic mass is 35.5. The van der Waals surface area contributed by atoms with Crippen molar-refractivity contribution < 1.29 is 14.0 Å². The molecule has 1 N–H and O–H groups in total. The first-order valence-electron chi connectivity index (χ1n) is 6.59. The summed E-state index contributed by atoms with van der Waals surface area (Å²) in [6.45, 7) is 0.862. The third-order valence-corrected chi connectivity index (χ3v) is 4.40. The SMILES string of the molecule is CN1C(=O)NC2(CCN(c3c(F)cncc3Cl)CC2)C1=O. The average Bonchev–Trinajstić information content (AvgIpc) is 2.66. The number of anilines is 1. The minimum Gasteiger partial charge on any atom is -0.368 e. The molecule has 0 radical (unpaired) electrons. The summed E-state index contributed by atoms with van der Waals surface area (Å²) < 4.78 is 13.9. The van der Waals surface area contributed by atoms with Crippen LogP contribution in [0.3, 0.4) is 0 Å². The summed E-state index contributed by atoms with van der Waals surface area (Å²) in [5.41, 5.74) is -0.565. The monoisotopic (exact) mass is 312 g/mol. The van der Waals surface area contributed by atoms with Gasteiger partial charge < -0.3 is 10.2 Å². The van der Waals surface area contributed by atoms with Crippen molar-refractivity contribution in [2.24, 2.45) is 0 Å². The number of carbonyl (C=O) groups is 2. The van der Waals surface area contributed by atoms with Gasteiger partial charge in [-0.05, 0) is 12.8 Å². The molecular formula is C13H14ClFN4O2. The first-order chi connectivity index (χ1) is 9.94. The molecule has 1 aromatic rings. The number of hydrogen-bond donors (Lipinski definition) is 1. The lowest BCUT2D eigenvalue weighted by molar-refractivity contribution is -0.131. The Morgan fingerprint density at radius 1 is 1.33 bits per heavy atom. The molecule has 0 aliphatic carbocycles. The lowest BCUT2D eigenvalue weighted by Gasteiger charge is -2.38. The van der Waals surface area contributed by atoms with Crippen LogP contribution in [-0.4, -0.2) is 47.5 Å². The van der Waals surface area contributed by atoms with Crippen LogP contribution < -0.4 is 10.2 Å². The number of rotatable bonds is 1. The zero-order valence-corrected chi connectivity index (χ0v) is 12.2. The van der Waals surface area contributed by atoms with Gasteiger partial charge in [-0.15, -0.1) is 0 Å². The summed E-state index contributed by atoms with van der Waals surface area (Å²) in [6.07, 6.45) is 3.34. The van der Waals surface area contributed by atoms with Gasteiger partial charge in [-0.2, -0.15) is 0 Å². The van der Waals surface area contributed by atoms with Crippen molar-refractivity contribution in [3.05, 3.63) is 23.2 Å². The molecule has 0 aromatic carbocycles. The summed E-state index contributed by atoms with van der Waals surface area (Å²) in [7, 11) is 1.46. The third kappa shape index (κ3) is 2.12. The van der Waals surface area contributed by atoms with E-state index in [-0.39, 0.29) is 17.0 Å². The van der Waals surface area contributed by atoms with Gasteiger partial charge in [-0.25, -0.2) is 9.18 Å². The van der Waals surface area contributed by atoms with Crippen molar-refractivity contribution in [2.45, 2.75) is 18.4 Å². The van der Waals surface area contributed by atoms with E-state index in [4.69, 9.17) is 11.6 Å². The predicted octanol–water partition coefficient (Wildman–Crippen LogP) is 1.39. The van der Waals surface area contributed by atoms with Crippen LogP contribution in [0.15, 0.2) is 12.4 Å². The fourth-order valence-corrected chi connectivity index (χ4v) is 3.18. The standard InChI is InChI=1S/C13H14ClFN4O2/c1-18-11(20)13(17-12(18)21)2-4-19(5-3-13)10-8(14)6-16-7-9(10)15/h6-7H,2-5H2,1H3,(H,17,21). The highest BCUT2D eigenvalue weighted by Gasteiger charge is 2.51. The van der Waals surface area contributed by atoms with Gasteiger partial charge in [0, 0.05) is 26.3 Å². The number of nitrogens with zero attached hydrogens (tertiary/aromatic N) is 3. The number of hydrogen-bond acceptors (Lipinski definition) is 4. The van der Waals surface area contributed by atoms with Crippen LogP contribution in [0.1, 0.15) is 12.8 Å². The molecule has 2 aliphatic rings. The summed E-state index contributed by atoms with van der Waals surface area (Å²) in [5.74, 6) is -0.717. The van der Waals surface area contributed by atoms with E-state index in [2.05, 4.69) is 10.3 Å². The number of halogens is 2. The molecule has 0 saturated carbocycles. The lowest BCUT2D eigenvalue weighted by Crippen LogP contribution is -2.55. The van der Waals surface area contributed by atoms with Crippen molar-refractivity contribution in [1.29, 1.82) is 0 Å². The van der Waals surface area contributed by atoms with E-state index in [1.807, 2.05) is 0 Å². The smallest absolute Gasteiger partial charge is 0.324 e. The maximum atomic E-state index is 13.9. The molecule has 0 atom stereocenters. The number of aromatic nitrogens is 1. The third-order valence-electron chi connectivity index (χ3n) is 4.13. The largest absolute Gasteiger partial charge is 0.368 e. The molecule has 3 heterocycles. The van der Waals surface area contributed by atoms with E-state index in [0.717, 1.165) is 11.1 Å². The molecule has 8 heteroatoms. The van der Waals surface area contributed by atoms with Crippen LogP contribution in [0.25, 0.3) is 0 Å². The molecule has 1 aromatic heterocycles. The second-order valence-electron chi connectivity index (χ2n) is 5.32. The quantitative estimate of drug-likeness (QED) is 0.796. The predicted molar refractivity (Wildman–Crippen MR) is 74.7 cm³/mol. The number of likely N-dealkylation sites (N-methyl/N-ethyl adjacent to an activating group) is 1. The van der Waals surface area contributed by atoms with Crippen molar-refractivity contribution in [1.82, 2.24) is 15.2 Å². The van der Waals surface area contributed by atoms with Gasteiger partial charge >= 0.3 is 6.03 Å². The number of amides is 3. The van der Waals surface area contributed by atoms with Crippen molar-refractivity contribution >= 4 is 29.2 Å². The number of piperidine rings is 1. The van der Waals surface area contributed by atoms with Gasteiger partial charge in [-0.3, -0.25) is 14.7 Å². The lowest BCUT2D eigenvalue weighted by atomic mass is 9.87. The number of carbonyl (C=O) groups excluding carboxylic acids is 2. The second-order valence-corrected chi connectivity index (χ2v) is 5.72. The molecule has 6 nitrogen and oxygen atoms in total. The first-order valence-corrected chi connectivity index (χ1v) is 6.97. The molecule has 1 spiro atoms. The normalized spacial score (nSPS) is 21.1. The van der Waals surface area contributed by atoms with Crippen LogP contribution in [0.4, 0.5) is 14.9 Å². The van der Waals surface area contributed by atoms with E-state index in [1.54, 1.807) is 4.90 Å². The fourth-order valence-electron chi connectivity index (χ4n) is 2.91. The summed E-state index contributed by atoms with van der Waals surface area (Å²) in [6, 6.07) is -0.387.